The lowest BCUT2D eigenvalue weighted by Crippen LogP contribution is -2.22. The van der Waals surface area contributed by atoms with E-state index in [9.17, 15) is 0 Å². The van der Waals surface area contributed by atoms with Crippen LogP contribution in [0.25, 0.3) is 10.6 Å². The molecule has 0 fully saturated rings. The first-order chi connectivity index (χ1) is 8.66. The first-order valence-corrected chi connectivity index (χ1v) is 7.31. The number of rotatable bonds is 6. The van der Waals surface area contributed by atoms with Crippen LogP contribution in [0, 0.1) is 5.92 Å². The zero-order valence-corrected chi connectivity index (χ0v) is 12.1. The van der Waals surface area contributed by atoms with E-state index in [0.29, 0.717) is 5.92 Å². The molecule has 0 spiro atoms. The Labute approximate surface area is 116 Å². The average Bonchev–Trinajstić information content (AvgIpc) is 2.92. The minimum atomic E-state index is 0.662. The Morgan fingerprint density at radius 1 is 1.50 bits per heavy atom. The largest absolute Gasteiger partial charge is 0.440 e. The van der Waals surface area contributed by atoms with Crippen LogP contribution in [0.3, 0.4) is 0 Å². The molecular weight excluding hydrogens is 268 g/mol. The van der Waals surface area contributed by atoms with Crippen LogP contribution < -0.4 is 5.32 Å². The van der Waals surface area contributed by atoms with Crippen molar-refractivity contribution in [1.82, 2.24) is 10.3 Å². The number of hydrogen-bond acceptors (Lipinski definition) is 4. The summed E-state index contributed by atoms with van der Waals surface area (Å²) in [6.45, 7) is 6.28. The molecule has 2 aromatic heterocycles. The molecule has 18 heavy (non-hydrogen) atoms. The Kier molecular flexibility index (Phi) is 4.80. The zero-order chi connectivity index (χ0) is 13.0. The number of thiophene rings is 1. The van der Waals surface area contributed by atoms with Gasteiger partial charge >= 0.3 is 0 Å². The summed E-state index contributed by atoms with van der Waals surface area (Å²) in [4.78, 5) is 5.22. The van der Waals surface area contributed by atoms with Gasteiger partial charge in [0.05, 0.1) is 16.1 Å². The summed E-state index contributed by atoms with van der Waals surface area (Å²) in [5, 5.41) is 6.04. The fourth-order valence-corrected chi connectivity index (χ4v) is 2.68. The van der Waals surface area contributed by atoms with Gasteiger partial charge in [-0.2, -0.15) is 0 Å². The van der Waals surface area contributed by atoms with Crippen LogP contribution >= 0.6 is 22.9 Å². The van der Waals surface area contributed by atoms with E-state index in [2.05, 4.69) is 24.1 Å². The molecule has 0 aromatic carbocycles. The van der Waals surface area contributed by atoms with Crippen molar-refractivity contribution < 1.29 is 4.42 Å². The summed E-state index contributed by atoms with van der Waals surface area (Å²) in [6.07, 6.45) is 2.55. The van der Waals surface area contributed by atoms with Crippen LogP contribution in [0.1, 0.15) is 19.7 Å². The van der Waals surface area contributed by atoms with E-state index in [1.807, 2.05) is 11.4 Å². The summed E-state index contributed by atoms with van der Waals surface area (Å²) in [7, 11) is 0. The number of nitrogens with zero attached hydrogens (tertiary/aromatic N) is 1. The molecule has 2 rings (SSSR count). The van der Waals surface area contributed by atoms with Crippen molar-refractivity contribution >= 4 is 22.9 Å². The quantitative estimate of drug-likeness (QED) is 0.819. The van der Waals surface area contributed by atoms with Crippen LogP contribution in [-0.2, 0) is 6.42 Å². The second kappa shape index (κ2) is 6.36. The van der Waals surface area contributed by atoms with E-state index in [1.54, 1.807) is 17.5 Å². The van der Waals surface area contributed by atoms with E-state index < -0.39 is 0 Å². The van der Waals surface area contributed by atoms with Gasteiger partial charge in [-0.05, 0) is 23.9 Å². The predicted molar refractivity (Wildman–Crippen MR) is 76.2 cm³/mol. The molecule has 5 heteroatoms. The maximum Gasteiger partial charge on any atom is 0.196 e. The topological polar surface area (TPSA) is 38.1 Å². The third-order valence-electron chi connectivity index (χ3n) is 2.46. The second-order valence-corrected chi connectivity index (χ2v) is 5.89. The Morgan fingerprint density at radius 2 is 2.33 bits per heavy atom. The maximum absolute atomic E-state index is 6.06. The van der Waals surface area contributed by atoms with Gasteiger partial charge in [0.15, 0.2) is 11.7 Å². The van der Waals surface area contributed by atoms with E-state index in [-0.39, 0.29) is 0 Å². The third-order valence-corrected chi connectivity index (χ3v) is 3.82. The van der Waals surface area contributed by atoms with E-state index in [0.717, 1.165) is 41.1 Å². The van der Waals surface area contributed by atoms with Crippen molar-refractivity contribution in [3.8, 4) is 10.6 Å². The summed E-state index contributed by atoms with van der Waals surface area (Å²) in [6, 6.07) is 1.87. The smallest absolute Gasteiger partial charge is 0.196 e. The second-order valence-electron chi connectivity index (χ2n) is 4.56. The van der Waals surface area contributed by atoms with Gasteiger partial charge in [0, 0.05) is 13.0 Å². The van der Waals surface area contributed by atoms with E-state index >= 15 is 0 Å². The monoisotopic (exact) mass is 284 g/mol. The van der Waals surface area contributed by atoms with Crippen LogP contribution in [0.2, 0.25) is 5.02 Å². The Hall–Kier alpha value is -0.840. The molecule has 2 aromatic rings. The molecule has 0 atom stereocenters. The van der Waals surface area contributed by atoms with Crippen molar-refractivity contribution in [2.75, 3.05) is 13.1 Å². The summed E-state index contributed by atoms with van der Waals surface area (Å²) in [5.41, 5.74) is 0. The lowest BCUT2D eigenvalue weighted by molar-refractivity contribution is 0.483. The van der Waals surface area contributed by atoms with Crippen LogP contribution in [0.15, 0.2) is 22.1 Å². The molecule has 2 heterocycles. The molecule has 0 radical (unpaired) electrons. The molecule has 0 aliphatic rings. The number of aromatic nitrogens is 1. The first-order valence-electron chi connectivity index (χ1n) is 6.05. The van der Waals surface area contributed by atoms with Gasteiger partial charge in [0.25, 0.3) is 0 Å². The van der Waals surface area contributed by atoms with Crippen LogP contribution in [0.4, 0.5) is 0 Å². The molecule has 0 unspecified atom stereocenters. The van der Waals surface area contributed by atoms with Crippen LogP contribution in [0.5, 0.6) is 0 Å². The lowest BCUT2D eigenvalue weighted by Gasteiger charge is -2.05. The van der Waals surface area contributed by atoms with Gasteiger partial charge in [-0.1, -0.05) is 25.4 Å². The minimum absolute atomic E-state index is 0.662. The third kappa shape index (κ3) is 3.57. The van der Waals surface area contributed by atoms with Crippen LogP contribution in [-0.4, -0.2) is 18.1 Å². The summed E-state index contributed by atoms with van der Waals surface area (Å²) in [5.74, 6) is 2.18. The molecule has 0 bridgehead atoms. The van der Waals surface area contributed by atoms with Gasteiger partial charge in [-0.3, -0.25) is 0 Å². The number of hydrogen-bond donors (Lipinski definition) is 1. The van der Waals surface area contributed by atoms with E-state index in [4.69, 9.17) is 16.0 Å². The minimum Gasteiger partial charge on any atom is -0.440 e. The maximum atomic E-state index is 6.06. The molecular formula is C13H17ClN2OS. The van der Waals surface area contributed by atoms with Crippen molar-refractivity contribution in [3.05, 3.63) is 28.6 Å². The number of nitrogens with one attached hydrogen (secondary N) is 1. The van der Waals surface area contributed by atoms with Crippen molar-refractivity contribution in [2.24, 2.45) is 5.92 Å². The zero-order valence-electron chi connectivity index (χ0n) is 10.6. The summed E-state index contributed by atoms with van der Waals surface area (Å²) < 4.78 is 5.69. The van der Waals surface area contributed by atoms with E-state index in [1.165, 1.54) is 0 Å². The number of halogens is 1. The Morgan fingerprint density at radius 3 is 3.00 bits per heavy atom. The molecule has 1 N–H and O–H groups in total. The molecule has 0 aliphatic heterocycles. The normalized spacial score (nSPS) is 11.3. The standard InChI is InChI=1S/C13H17ClN2OS/c1-9(2)7-15-5-3-12-16-8-11(17-12)13-10(14)4-6-18-13/h4,6,8-9,15H,3,5,7H2,1-2H3. The highest BCUT2D eigenvalue weighted by molar-refractivity contribution is 7.14. The van der Waals surface area contributed by atoms with Gasteiger partial charge in [-0.15, -0.1) is 11.3 Å². The van der Waals surface area contributed by atoms with Gasteiger partial charge in [-0.25, -0.2) is 4.98 Å². The van der Waals surface area contributed by atoms with Crippen molar-refractivity contribution in [1.29, 1.82) is 0 Å². The van der Waals surface area contributed by atoms with Gasteiger partial charge in [0.1, 0.15) is 0 Å². The van der Waals surface area contributed by atoms with Crippen molar-refractivity contribution in [3.63, 3.8) is 0 Å². The summed E-state index contributed by atoms with van der Waals surface area (Å²) >= 11 is 7.62. The molecule has 0 saturated heterocycles. The predicted octanol–water partition coefficient (Wildman–Crippen LogP) is 3.84. The molecule has 3 nitrogen and oxygen atoms in total. The highest BCUT2D eigenvalue weighted by Gasteiger charge is 2.10. The highest BCUT2D eigenvalue weighted by atomic mass is 35.5. The SMILES string of the molecule is CC(C)CNCCc1ncc(-c2sccc2Cl)o1. The molecule has 0 aliphatic carbocycles. The number of oxazole rings is 1. The lowest BCUT2D eigenvalue weighted by atomic mass is 10.2. The van der Waals surface area contributed by atoms with Gasteiger partial charge < -0.3 is 9.73 Å². The fourth-order valence-electron chi connectivity index (χ4n) is 1.59. The molecule has 0 amide bonds. The highest BCUT2D eigenvalue weighted by Crippen LogP contribution is 2.33. The van der Waals surface area contributed by atoms with Crippen molar-refractivity contribution in [2.45, 2.75) is 20.3 Å². The fraction of sp³-hybridized carbons (Fsp3) is 0.462. The Balaban J connectivity index is 1.89. The first kappa shape index (κ1) is 13.6. The average molecular weight is 285 g/mol. The van der Waals surface area contributed by atoms with Gasteiger partial charge in [0.2, 0.25) is 0 Å². The Bertz CT molecular complexity index is 493. The molecule has 0 saturated carbocycles. The molecule has 98 valence electrons.